The van der Waals surface area contributed by atoms with E-state index in [-0.39, 0.29) is 11.5 Å². The molecule has 0 spiro atoms. The van der Waals surface area contributed by atoms with Crippen LogP contribution in [0.1, 0.15) is 12.8 Å². The van der Waals surface area contributed by atoms with Gasteiger partial charge in [0.05, 0.1) is 5.41 Å². The van der Waals surface area contributed by atoms with Crippen LogP contribution in [0.4, 0.5) is 0 Å². The fourth-order valence-corrected chi connectivity index (χ4v) is 1.12. The Morgan fingerprint density at radius 2 is 1.46 bits per heavy atom. The Hall–Kier alpha value is -2.08. The second-order valence-electron chi connectivity index (χ2n) is 2.84. The number of diazo groups is 2. The predicted molar refractivity (Wildman–Crippen MR) is 43.3 cm³/mol. The summed E-state index contributed by atoms with van der Waals surface area (Å²) in [6.45, 7) is 0. The Morgan fingerprint density at radius 1 is 1.08 bits per heavy atom. The van der Waals surface area contributed by atoms with Crippen molar-refractivity contribution in [1.82, 2.24) is 0 Å². The van der Waals surface area contributed by atoms with Gasteiger partial charge in [0, 0.05) is 0 Å². The average Bonchev–Trinajstić information content (AvgIpc) is 2.85. The van der Waals surface area contributed by atoms with Crippen LogP contribution in [0.15, 0.2) is 23.9 Å². The molecule has 1 aliphatic carbocycles. The summed E-state index contributed by atoms with van der Waals surface area (Å²) in [5, 5.41) is 34.9. The third-order valence-electron chi connectivity index (χ3n) is 2.09. The third-order valence-corrected chi connectivity index (χ3v) is 2.09. The van der Waals surface area contributed by atoms with Gasteiger partial charge in [0.25, 0.3) is 0 Å². The Morgan fingerprint density at radius 3 is 1.69 bits per heavy atom. The molecular formula is C7H8N4O2+2. The van der Waals surface area contributed by atoms with Crippen LogP contribution in [0.2, 0.25) is 0 Å². The number of aliphatic hydroxyl groups is 2. The number of hydrogen-bond acceptors (Lipinski definition) is 4. The van der Waals surface area contributed by atoms with E-state index >= 15 is 0 Å². The Balaban J connectivity index is 2.93. The van der Waals surface area contributed by atoms with E-state index in [1.165, 1.54) is 0 Å². The van der Waals surface area contributed by atoms with Gasteiger partial charge in [-0.15, -0.1) is 0 Å². The summed E-state index contributed by atoms with van der Waals surface area (Å²) in [5.74, 6) is -0.486. The Labute approximate surface area is 74.1 Å². The number of rotatable bonds is 2. The lowest BCUT2D eigenvalue weighted by Gasteiger charge is -2.05. The van der Waals surface area contributed by atoms with Crippen molar-refractivity contribution >= 4 is 0 Å². The minimum atomic E-state index is -0.904. The zero-order valence-corrected chi connectivity index (χ0v) is 6.75. The molecule has 13 heavy (non-hydrogen) atoms. The topological polar surface area (TPSA) is 96.8 Å². The van der Waals surface area contributed by atoms with E-state index in [4.69, 9.17) is 10.8 Å². The van der Waals surface area contributed by atoms with Crippen molar-refractivity contribution in [3.63, 3.8) is 0 Å². The van der Waals surface area contributed by atoms with Crippen LogP contribution >= 0.6 is 0 Å². The molecule has 0 heterocycles. The van der Waals surface area contributed by atoms with Crippen LogP contribution in [-0.2, 0) is 0 Å². The van der Waals surface area contributed by atoms with Gasteiger partial charge in [0.15, 0.2) is 21.5 Å². The Bertz CT molecular complexity index is 322. The van der Waals surface area contributed by atoms with E-state index in [1.54, 1.807) is 0 Å². The van der Waals surface area contributed by atoms with Crippen molar-refractivity contribution < 1.29 is 10.2 Å². The molecule has 0 saturated heterocycles. The lowest BCUT2D eigenvalue weighted by molar-refractivity contribution is 0.265. The highest BCUT2D eigenvalue weighted by Crippen LogP contribution is 2.55. The maximum absolute atomic E-state index is 9.32. The molecule has 1 fully saturated rings. The first-order valence-electron chi connectivity index (χ1n) is 3.65. The standard InChI is InChI=1S/C7H6N4O2/c8-10-3-5(12)7(1-2-7)6(13)4-11-9/h3-4H,1-2H2/p+2/b5-3-,6-4-. The number of nitrogens with zero attached hydrogens (tertiary/aromatic N) is 4. The summed E-state index contributed by atoms with van der Waals surface area (Å²) >= 11 is 0. The molecule has 0 bridgehead atoms. The summed E-state index contributed by atoms with van der Waals surface area (Å²) in [6.07, 6.45) is 2.74. The first-order chi connectivity index (χ1) is 6.17. The van der Waals surface area contributed by atoms with Gasteiger partial charge in [-0.25, -0.2) is 0 Å². The molecule has 0 atom stereocenters. The molecule has 2 N–H and O–H groups in total. The molecule has 0 aromatic heterocycles. The second kappa shape index (κ2) is 3.11. The number of hydrogen-bond donors (Lipinski definition) is 2. The molecule has 0 aromatic carbocycles. The lowest BCUT2D eigenvalue weighted by Crippen LogP contribution is -2.07. The predicted octanol–water partition coefficient (Wildman–Crippen LogP) is 2.27. The molecule has 0 radical (unpaired) electrons. The van der Waals surface area contributed by atoms with Gasteiger partial charge >= 0.3 is 12.4 Å². The molecule has 0 unspecified atom stereocenters. The monoisotopic (exact) mass is 180 g/mol. The maximum atomic E-state index is 9.32. The maximum Gasteiger partial charge on any atom is 0.388 e. The van der Waals surface area contributed by atoms with Gasteiger partial charge in [-0.3, -0.25) is 0 Å². The van der Waals surface area contributed by atoms with Crippen molar-refractivity contribution in [1.29, 1.82) is 10.8 Å². The van der Waals surface area contributed by atoms with Crippen LogP contribution in [0.3, 0.4) is 0 Å². The van der Waals surface area contributed by atoms with E-state index in [2.05, 4.69) is 9.95 Å². The molecule has 1 aliphatic rings. The van der Waals surface area contributed by atoms with E-state index < -0.39 is 5.41 Å². The highest BCUT2D eigenvalue weighted by Gasteiger charge is 2.54. The molecular weight excluding hydrogens is 172 g/mol. The van der Waals surface area contributed by atoms with E-state index in [9.17, 15) is 10.2 Å². The minimum Gasteiger partial charge on any atom is -0.505 e. The summed E-state index contributed by atoms with van der Waals surface area (Å²) in [4.78, 5) is 5.28. The van der Waals surface area contributed by atoms with Crippen LogP contribution in [0.25, 0.3) is 9.95 Å². The van der Waals surface area contributed by atoms with E-state index in [1.807, 2.05) is 0 Å². The molecule has 0 amide bonds. The second-order valence-corrected chi connectivity index (χ2v) is 2.84. The largest absolute Gasteiger partial charge is 0.505 e. The zero-order chi connectivity index (χ0) is 9.90. The normalized spacial score (nSPS) is 20.2. The van der Waals surface area contributed by atoms with Gasteiger partial charge in [-0.2, -0.15) is 0 Å². The average molecular weight is 180 g/mol. The molecule has 1 saturated carbocycles. The van der Waals surface area contributed by atoms with Gasteiger partial charge in [0.2, 0.25) is 10.8 Å². The summed E-state index contributed by atoms with van der Waals surface area (Å²) in [5.41, 5.74) is -0.904. The first kappa shape index (κ1) is 9.01. The minimum absolute atomic E-state index is 0.243. The molecule has 1 rings (SSSR count). The molecule has 66 valence electrons. The van der Waals surface area contributed by atoms with Gasteiger partial charge in [-0.1, -0.05) is 0 Å². The molecule has 6 heteroatoms. The smallest absolute Gasteiger partial charge is 0.388 e. The van der Waals surface area contributed by atoms with E-state index in [0.29, 0.717) is 12.8 Å². The van der Waals surface area contributed by atoms with Crippen LogP contribution in [0.5, 0.6) is 0 Å². The molecule has 6 nitrogen and oxygen atoms in total. The Kier molecular flexibility index (Phi) is 2.16. The number of aliphatic hydroxyl groups excluding tert-OH is 2. The zero-order valence-electron chi connectivity index (χ0n) is 6.75. The van der Waals surface area contributed by atoms with Gasteiger partial charge < -0.3 is 10.2 Å². The van der Waals surface area contributed by atoms with Crippen LogP contribution in [-0.4, -0.2) is 10.2 Å². The fraction of sp³-hybridized carbons (Fsp3) is 0.429. The lowest BCUT2D eigenvalue weighted by atomic mass is 10.0. The first-order valence-corrected chi connectivity index (χ1v) is 3.65. The van der Waals surface area contributed by atoms with Crippen LogP contribution < -0.4 is 0 Å². The fourth-order valence-electron chi connectivity index (χ4n) is 1.12. The molecule has 0 aliphatic heterocycles. The quantitative estimate of drug-likeness (QED) is 0.503. The van der Waals surface area contributed by atoms with E-state index in [0.717, 1.165) is 12.4 Å². The van der Waals surface area contributed by atoms with Gasteiger partial charge in [-0.05, 0) is 12.8 Å². The van der Waals surface area contributed by atoms with Crippen molar-refractivity contribution in [3.05, 3.63) is 33.9 Å². The summed E-state index contributed by atoms with van der Waals surface area (Å²) < 4.78 is 0. The van der Waals surface area contributed by atoms with Crippen molar-refractivity contribution in [2.45, 2.75) is 12.8 Å². The SMILES string of the molecule is N#[N+]/C=C(\O)C1(/C(O)=C/[N+]#N)CC1. The molecule has 0 aromatic rings. The highest BCUT2D eigenvalue weighted by molar-refractivity contribution is 5.30. The van der Waals surface area contributed by atoms with Crippen molar-refractivity contribution in [2.24, 2.45) is 5.41 Å². The summed E-state index contributed by atoms with van der Waals surface area (Å²) in [6, 6.07) is 0. The highest BCUT2D eigenvalue weighted by atomic mass is 16.3. The third kappa shape index (κ3) is 1.42. The van der Waals surface area contributed by atoms with Crippen molar-refractivity contribution in [3.8, 4) is 0 Å². The van der Waals surface area contributed by atoms with Gasteiger partial charge in [0.1, 0.15) is 0 Å². The summed E-state index contributed by atoms with van der Waals surface area (Å²) in [7, 11) is 0. The van der Waals surface area contributed by atoms with Crippen LogP contribution in [0, 0.1) is 16.2 Å². The van der Waals surface area contributed by atoms with Crippen molar-refractivity contribution in [2.75, 3.05) is 0 Å².